The van der Waals surface area contributed by atoms with Crippen molar-refractivity contribution in [1.29, 1.82) is 0 Å². The standard InChI is InChI=1S/C18H15N3O6/c1-10(22)15(21-20-14-9-5-3-7-12(14)18(26)27)16(23)19-13-8-4-2-6-11(13)17(24)25/h2-9,15H,1H3,(H,19,23)(H,24,25)(H,26,27). The quantitative estimate of drug-likeness (QED) is 0.505. The number of benzene rings is 2. The van der Waals surface area contributed by atoms with Crippen molar-refractivity contribution in [2.75, 3.05) is 5.32 Å². The third-order valence-electron chi connectivity index (χ3n) is 3.46. The summed E-state index contributed by atoms with van der Waals surface area (Å²) in [6.07, 6.45) is 0. The van der Waals surface area contributed by atoms with Crippen LogP contribution in [-0.2, 0) is 9.59 Å². The monoisotopic (exact) mass is 369 g/mol. The van der Waals surface area contributed by atoms with Gasteiger partial charge in [0.1, 0.15) is 0 Å². The first-order chi connectivity index (χ1) is 12.8. The molecule has 2 aromatic carbocycles. The number of carbonyl (C=O) groups is 4. The third kappa shape index (κ3) is 4.82. The van der Waals surface area contributed by atoms with Crippen LogP contribution in [0.1, 0.15) is 27.6 Å². The van der Waals surface area contributed by atoms with E-state index in [-0.39, 0.29) is 22.5 Å². The molecule has 0 saturated carbocycles. The highest BCUT2D eigenvalue weighted by atomic mass is 16.4. The molecular formula is C18H15N3O6. The summed E-state index contributed by atoms with van der Waals surface area (Å²) in [6.45, 7) is 1.12. The number of para-hydroxylation sites is 1. The van der Waals surface area contributed by atoms with Gasteiger partial charge in [0.2, 0.25) is 6.04 Å². The van der Waals surface area contributed by atoms with E-state index < -0.39 is 29.7 Å². The van der Waals surface area contributed by atoms with Crippen molar-refractivity contribution in [3.05, 3.63) is 59.7 Å². The van der Waals surface area contributed by atoms with Gasteiger partial charge in [-0.3, -0.25) is 9.59 Å². The van der Waals surface area contributed by atoms with Gasteiger partial charge in [-0.25, -0.2) is 9.59 Å². The number of carboxylic acid groups (broad SMARTS) is 2. The molecule has 0 aliphatic carbocycles. The summed E-state index contributed by atoms with van der Waals surface area (Å²) < 4.78 is 0. The number of nitrogens with zero attached hydrogens (tertiary/aromatic N) is 2. The summed E-state index contributed by atoms with van der Waals surface area (Å²) in [7, 11) is 0. The number of carbonyl (C=O) groups excluding carboxylic acids is 2. The fourth-order valence-corrected chi connectivity index (χ4v) is 2.16. The maximum atomic E-state index is 12.4. The van der Waals surface area contributed by atoms with Gasteiger partial charge in [-0.1, -0.05) is 24.3 Å². The average Bonchev–Trinajstić information content (AvgIpc) is 2.62. The molecule has 0 saturated heterocycles. The highest BCUT2D eigenvalue weighted by Gasteiger charge is 2.25. The maximum absolute atomic E-state index is 12.4. The normalized spacial score (nSPS) is 11.7. The minimum atomic E-state index is -1.56. The Bertz CT molecular complexity index is 938. The number of aromatic carboxylic acids is 2. The first-order valence-corrected chi connectivity index (χ1v) is 7.68. The molecule has 0 aromatic heterocycles. The van der Waals surface area contributed by atoms with Gasteiger partial charge in [0, 0.05) is 0 Å². The fourth-order valence-electron chi connectivity index (χ4n) is 2.16. The van der Waals surface area contributed by atoms with Gasteiger partial charge in [0.05, 0.1) is 22.5 Å². The number of carboxylic acids is 2. The minimum Gasteiger partial charge on any atom is -0.478 e. The Morgan fingerprint density at radius 3 is 2.04 bits per heavy atom. The Labute approximate surface area is 153 Å². The molecule has 0 fully saturated rings. The number of Topliss-reactive ketones (excluding diaryl/α,β-unsaturated/α-hetero) is 1. The van der Waals surface area contributed by atoms with E-state index in [1.807, 2.05) is 0 Å². The summed E-state index contributed by atoms with van der Waals surface area (Å²) in [5.41, 5.74) is -0.307. The number of amides is 1. The first kappa shape index (κ1) is 19.4. The third-order valence-corrected chi connectivity index (χ3v) is 3.46. The van der Waals surface area contributed by atoms with Crippen LogP contribution in [0, 0.1) is 0 Å². The van der Waals surface area contributed by atoms with E-state index in [0.29, 0.717) is 0 Å². The molecule has 1 atom stereocenters. The number of hydrogen-bond acceptors (Lipinski definition) is 6. The van der Waals surface area contributed by atoms with Crippen LogP contribution in [0.4, 0.5) is 11.4 Å². The number of anilines is 1. The van der Waals surface area contributed by atoms with Crippen molar-refractivity contribution in [2.45, 2.75) is 13.0 Å². The molecule has 0 radical (unpaired) electrons. The zero-order chi connectivity index (χ0) is 20.0. The molecule has 2 rings (SSSR count). The van der Waals surface area contributed by atoms with Crippen molar-refractivity contribution >= 4 is 35.0 Å². The average molecular weight is 369 g/mol. The van der Waals surface area contributed by atoms with Crippen LogP contribution in [0.2, 0.25) is 0 Å². The fraction of sp³-hybridized carbons (Fsp3) is 0.111. The molecule has 27 heavy (non-hydrogen) atoms. The van der Waals surface area contributed by atoms with Crippen LogP contribution in [0.15, 0.2) is 58.8 Å². The Kier molecular flexibility index (Phi) is 6.10. The molecule has 0 heterocycles. The molecule has 9 nitrogen and oxygen atoms in total. The number of ketones is 1. The predicted molar refractivity (Wildman–Crippen MR) is 94.4 cm³/mol. The zero-order valence-corrected chi connectivity index (χ0v) is 14.1. The molecule has 138 valence electrons. The largest absolute Gasteiger partial charge is 0.478 e. The summed E-state index contributed by atoms with van der Waals surface area (Å²) in [5, 5.41) is 28.0. The van der Waals surface area contributed by atoms with Crippen LogP contribution in [0.3, 0.4) is 0 Å². The minimum absolute atomic E-state index is 0.00221. The molecular weight excluding hydrogens is 354 g/mol. The molecule has 0 bridgehead atoms. The molecule has 9 heteroatoms. The van der Waals surface area contributed by atoms with E-state index in [0.717, 1.165) is 6.92 Å². The van der Waals surface area contributed by atoms with E-state index in [1.54, 1.807) is 0 Å². The zero-order valence-electron chi connectivity index (χ0n) is 14.1. The molecule has 1 amide bonds. The van der Waals surface area contributed by atoms with Gasteiger partial charge < -0.3 is 15.5 Å². The summed E-state index contributed by atoms with van der Waals surface area (Å²) in [6, 6.07) is 9.84. The van der Waals surface area contributed by atoms with Gasteiger partial charge in [-0.15, -0.1) is 0 Å². The van der Waals surface area contributed by atoms with E-state index in [1.165, 1.54) is 48.5 Å². The van der Waals surface area contributed by atoms with Gasteiger partial charge in [0.15, 0.2) is 5.78 Å². The lowest BCUT2D eigenvalue weighted by Gasteiger charge is -2.11. The summed E-state index contributed by atoms with van der Waals surface area (Å²) in [5.74, 6) is -4.00. The van der Waals surface area contributed by atoms with Crippen LogP contribution in [0.5, 0.6) is 0 Å². The van der Waals surface area contributed by atoms with Gasteiger partial charge >= 0.3 is 11.9 Å². The molecule has 2 aromatic rings. The maximum Gasteiger partial charge on any atom is 0.337 e. The smallest absolute Gasteiger partial charge is 0.337 e. The lowest BCUT2D eigenvalue weighted by atomic mass is 10.1. The van der Waals surface area contributed by atoms with Crippen molar-refractivity contribution in [2.24, 2.45) is 10.2 Å². The molecule has 3 N–H and O–H groups in total. The Morgan fingerprint density at radius 2 is 1.44 bits per heavy atom. The number of hydrogen-bond donors (Lipinski definition) is 3. The van der Waals surface area contributed by atoms with Crippen LogP contribution >= 0.6 is 0 Å². The molecule has 0 aliphatic rings. The second kappa shape index (κ2) is 8.48. The van der Waals surface area contributed by atoms with Gasteiger partial charge in [-0.05, 0) is 31.2 Å². The second-order valence-electron chi connectivity index (χ2n) is 5.39. The van der Waals surface area contributed by atoms with E-state index >= 15 is 0 Å². The van der Waals surface area contributed by atoms with Gasteiger partial charge in [0.25, 0.3) is 5.91 Å². The topological polar surface area (TPSA) is 145 Å². The van der Waals surface area contributed by atoms with Crippen molar-refractivity contribution in [1.82, 2.24) is 0 Å². The highest BCUT2D eigenvalue weighted by Crippen LogP contribution is 2.20. The number of azo groups is 1. The van der Waals surface area contributed by atoms with Crippen LogP contribution in [-0.4, -0.2) is 39.9 Å². The Morgan fingerprint density at radius 1 is 0.889 bits per heavy atom. The first-order valence-electron chi connectivity index (χ1n) is 7.68. The second-order valence-corrected chi connectivity index (χ2v) is 5.39. The van der Waals surface area contributed by atoms with Crippen LogP contribution < -0.4 is 5.32 Å². The number of nitrogens with one attached hydrogen (secondary N) is 1. The SMILES string of the molecule is CC(=O)C(N=Nc1ccccc1C(=O)O)C(=O)Nc1ccccc1C(=O)O. The molecule has 0 spiro atoms. The van der Waals surface area contributed by atoms with E-state index in [4.69, 9.17) is 10.2 Å². The lowest BCUT2D eigenvalue weighted by Crippen LogP contribution is -2.32. The van der Waals surface area contributed by atoms with Gasteiger partial charge in [-0.2, -0.15) is 10.2 Å². The summed E-state index contributed by atoms with van der Waals surface area (Å²) >= 11 is 0. The molecule has 1 unspecified atom stereocenters. The van der Waals surface area contributed by atoms with Crippen molar-refractivity contribution < 1.29 is 29.4 Å². The van der Waals surface area contributed by atoms with Crippen molar-refractivity contribution in [3.63, 3.8) is 0 Å². The van der Waals surface area contributed by atoms with Crippen molar-refractivity contribution in [3.8, 4) is 0 Å². The van der Waals surface area contributed by atoms with E-state index in [2.05, 4.69) is 15.5 Å². The predicted octanol–water partition coefficient (Wildman–Crippen LogP) is 2.76. The summed E-state index contributed by atoms with van der Waals surface area (Å²) in [4.78, 5) is 46.5. The van der Waals surface area contributed by atoms with E-state index in [9.17, 15) is 19.2 Å². The Hall–Kier alpha value is -3.88. The lowest BCUT2D eigenvalue weighted by molar-refractivity contribution is -0.126. The number of rotatable bonds is 7. The highest BCUT2D eigenvalue weighted by molar-refractivity contribution is 6.11. The molecule has 0 aliphatic heterocycles. The van der Waals surface area contributed by atoms with Crippen LogP contribution in [0.25, 0.3) is 0 Å². The Balaban J connectivity index is 2.28.